The molecule has 0 aliphatic carbocycles. The number of anilines is 1. The molecule has 0 spiro atoms. The zero-order valence-corrected chi connectivity index (χ0v) is 22.0. The van der Waals surface area contributed by atoms with E-state index in [0.29, 0.717) is 45.2 Å². The molecule has 2 N–H and O–H groups in total. The summed E-state index contributed by atoms with van der Waals surface area (Å²) >= 11 is 1.22. The fourth-order valence-corrected chi connectivity index (χ4v) is 4.36. The van der Waals surface area contributed by atoms with Gasteiger partial charge in [-0.25, -0.2) is 0 Å². The quantitative estimate of drug-likeness (QED) is 0.279. The van der Waals surface area contributed by atoms with Crippen molar-refractivity contribution in [3.05, 3.63) is 84.2 Å². The Kier molecular flexibility index (Phi) is 8.83. The van der Waals surface area contributed by atoms with E-state index in [9.17, 15) is 9.59 Å². The third-order valence-corrected chi connectivity index (χ3v) is 6.40. The molecule has 0 radical (unpaired) electrons. The number of rotatable bonds is 11. The number of hydrogen-bond acceptors (Lipinski definition) is 8. The molecular formula is C27H27N5O5S. The Morgan fingerprint density at radius 3 is 2.37 bits per heavy atom. The van der Waals surface area contributed by atoms with Crippen LogP contribution in [0, 0.1) is 0 Å². The Labute approximate surface area is 224 Å². The van der Waals surface area contributed by atoms with Crippen LogP contribution < -0.4 is 24.8 Å². The number of para-hydroxylation sites is 2. The average molecular weight is 534 g/mol. The van der Waals surface area contributed by atoms with Gasteiger partial charge in [0.1, 0.15) is 17.2 Å². The van der Waals surface area contributed by atoms with Gasteiger partial charge in [-0.2, -0.15) is 0 Å². The SMILES string of the molecule is COc1ccc(NC(=O)CSc2nnc(CNC(=O)c3cccc(OC)c3)n2-c2ccccc2OC)cc1. The van der Waals surface area contributed by atoms with Gasteiger partial charge in [-0.3, -0.25) is 14.2 Å². The van der Waals surface area contributed by atoms with E-state index in [0.717, 1.165) is 0 Å². The van der Waals surface area contributed by atoms with Gasteiger partial charge in [-0.15, -0.1) is 10.2 Å². The van der Waals surface area contributed by atoms with Crippen LogP contribution in [0.25, 0.3) is 5.69 Å². The number of nitrogens with one attached hydrogen (secondary N) is 2. The normalized spacial score (nSPS) is 10.5. The predicted octanol–water partition coefficient (Wildman–Crippen LogP) is 3.95. The molecule has 0 saturated heterocycles. The fraction of sp³-hybridized carbons (Fsp3) is 0.185. The maximum Gasteiger partial charge on any atom is 0.251 e. The molecule has 2 amide bonds. The number of amides is 2. The summed E-state index contributed by atoms with van der Waals surface area (Å²) in [6, 6.07) is 21.3. The zero-order chi connectivity index (χ0) is 26.9. The minimum Gasteiger partial charge on any atom is -0.497 e. The van der Waals surface area contributed by atoms with Crippen molar-refractivity contribution in [2.75, 3.05) is 32.4 Å². The van der Waals surface area contributed by atoms with E-state index < -0.39 is 0 Å². The van der Waals surface area contributed by atoms with Crippen molar-refractivity contribution in [1.29, 1.82) is 0 Å². The fourth-order valence-electron chi connectivity index (χ4n) is 3.59. The van der Waals surface area contributed by atoms with Gasteiger partial charge in [0.15, 0.2) is 11.0 Å². The van der Waals surface area contributed by atoms with Crippen molar-refractivity contribution in [2.45, 2.75) is 11.7 Å². The second-order valence-electron chi connectivity index (χ2n) is 7.89. The number of methoxy groups -OCH3 is 3. The predicted molar refractivity (Wildman–Crippen MR) is 144 cm³/mol. The van der Waals surface area contributed by atoms with Gasteiger partial charge in [0.05, 0.1) is 39.3 Å². The smallest absolute Gasteiger partial charge is 0.251 e. The number of benzene rings is 3. The van der Waals surface area contributed by atoms with Crippen LogP contribution in [0.5, 0.6) is 17.2 Å². The van der Waals surface area contributed by atoms with Crippen molar-refractivity contribution in [1.82, 2.24) is 20.1 Å². The van der Waals surface area contributed by atoms with Crippen LogP contribution in [0.15, 0.2) is 78.0 Å². The van der Waals surface area contributed by atoms with Crippen LogP contribution >= 0.6 is 11.8 Å². The summed E-state index contributed by atoms with van der Waals surface area (Å²) in [5.41, 5.74) is 1.80. The van der Waals surface area contributed by atoms with Crippen molar-refractivity contribution in [3.63, 3.8) is 0 Å². The molecule has 0 atom stereocenters. The lowest BCUT2D eigenvalue weighted by atomic mass is 10.2. The first-order valence-electron chi connectivity index (χ1n) is 11.6. The standard InChI is InChI=1S/C27H27N5O5S/c1-35-20-13-11-19(12-14-20)29-25(33)17-38-27-31-30-24(32(27)22-9-4-5-10-23(22)37-3)16-28-26(34)18-7-6-8-21(15-18)36-2/h4-15H,16-17H2,1-3H3,(H,28,34)(H,29,33). The zero-order valence-electron chi connectivity index (χ0n) is 21.1. The highest BCUT2D eigenvalue weighted by Gasteiger charge is 2.19. The van der Waals surface area contributed by atoms with Crippen molar-refractivity contribution >= 4 is 29.3 Å². The number of ether oxygens (including phenoxy) is 3. The van der Waals surface area contributed by atoms with Crippen LogP contribution in [0.4, 0.5) is 5.69 Å². The van der Waals surface area contributed by atoms with E-state index in [2.05, 4.69) is 20.8 Å². The minimum atomic E-state index is -0.286. The number of thioether (sulfide) groups is 1. The van der Waals surface area contributed by atoms with Gasteiger partial charge in [0.25, 0.3) is 5.91 Å². The Balaban J connectivity index is 1.52. The molecule has 0 unspecified atom stereocenters. The van der Waals surface area contributed by atoms with Gasteiger partial charge in [0.2, 0.25) is 5.91 Å². The monoisotopic (exact) mass is 533 g/mol. The molecule has 0 bridgehead atoms. The molecule has 1 heterocycles. The van der Waals surface area contributed by atoms with Crippen LogP contribution in [-0.2, 0) is 11.3 Å². The first kappa shape index (κ1) is 26.6. The number of aromatic nitrogens is 3. The molecule has 10 nitrogen and oxygen atoms in total. The van der Waals surface area contributed by atoms with Gasteiger partial charge in [0, 0.05) is 11.3 Å². The molecule has 11 heteroatoms. The Hall–Kier alpha value is -4.51. The van der Waals surface area contributed by atoms with Gasteiger partial charge in [-0.1, -0.05) is 30.0 Å². The lowest BCUT2D eigenvalue weighted by Crippen LogP contribution is -2.24. The summed E-state index contributed by atoms with van der Waals surface area (Å²) in [7, 11) is 4.70. The topological polar surface area (TPSA) is 117 Å². The van der Waals surface area contributed by atoms with E-state index in [-0.39, 0.29) is 24.1 Å². The molecular weight excluding hydrogens is 506 g/mol. The molecule has 4 aromatic rings. The second-order valence-corrected chi connectivity index (χ2v) is 8.83. The molecule has 1 aromatic heterocycles. The van der Waals surface area contributed by atoms with Gasteiger partial charge in [-0.05, 0) is 54.6 Å². The molecule has 3 aromatic carbocycles. The summed E-state index contributed by atoms with van der Waals surface area (Å²) in [6.07, 6.45) is 0. The number of carbonyl (C=O) groups excluding carboxylic acids is 2. The highest BCUT2D eigenvalue weighted by atomic mass is 32.2. The molecule has 4 rings (SSSR count). The van der Waals surface area contributed by atoms with E-state index in [1.807, 2.05) is 24.3 Å². The third kappa shape index (κ3) is 6.43. The Morgan fingerprint density at radius 2 is 1.63 bits per heavy atom. The molecule has 196 valence electrons. The van der Waals surface area contributed by atoms with E-state index in [1.54, 1.807) is 74.4 Å². The maximum atomic E-state index is 12.8. The van der Waals surface area contributed by atoms with E-state index in [1.165, 1.54) is 11.8 Å². The van der Waals surface area contributed by atoms with Crippen molar-refractivity contribution < 1.29 is 23.8 Å². The lowest BCUT2D eigenvalue weighted by Gasteiger charge is -2.14. The summed E-state index contributed by atoms with van der Waals surface area (Å²) in [4.78, 5) is 25.4. The number of hydrogen-bond donors (Lipinski definition) is 2. The Morgan fingerprint density at radius 1 is 0.868 bits per heavy atom. The third-order valence-electron chi connectivity index (χ3n) is 5.47. The van der Waals surface area contributed by atoms with Gasteiger partial charge < -0.3 is 24.8 Å². The van der Waals surface area contributed by atoms with Crippen LogP contribution in [0.3, 0.4) is 0 Å². The van der Waals surface area contributed by atoms with Crippen molar-refractivity contribution in [2.24, 2.45) is 0 Å². The van der Waals surface area contributed by atoms with Crippen LogP contribution in [0.2, 0.25) is 0 Å². The van der Waals surface area contributed by atoms with Crippen LogP contribution in [-0.4, -0.2) is 53.7 Å². The minimum absolute atomic E-state index is 0.0927. The summed E-state index contributed by atoms with van der Waals surface area (Å²) in [5, 5.41) is 14.8. The Bertz CT molecular complexity index is 1410. The first-order chi connectivity index (χ1) is 18.5. The highest BCUT2D eigenvalue weighted by Crippen LogP contribution is 2.29. The number of nitrogens with zero attached hydrogens (tertiary/aromatic N) is 3. The average Bonchev–Trinajstić information content (AvgIpc) is 3.37. The summed E-state index contributed by atoms with van der Waals surface area (Å²) in [6.45, 7) is 0.0969. The molecule has 38 heavy (non-hydrogen) atoms. The van der Waals surface area contributed by atoms with Crippen LogP contribution in [0.1, 0.15) is 16.2 Å². The summed E-state index contributed by atoms with van der Waals surface area (Å²) < 4.78 is 17.7. The second kappa shape index (κ2) is 12.6. The van der Waals surface area contributed by atoms with Gasteiger partial charge >= 0.3 is 0 Å². The van der Waals surface area contributed by atoms with Crippen molar-refractivity contribution in [3.8, 4) is 22.9 Å². The molecule has 0 saturated carbocycles. The largest absolute Gasteiger partial charge is 0.497 e. The maximum absolute atomic E-state index is 12.8. The summed E-state index contributed by atoms with van der Waals surface area (Å²) in [5.74, 6) is 1.96. The molecule has 0 aliphatic rings. The lowest BCUT2D eigenvalue weighted by molar-refractivity contribution is -0.113. The molecule has 0 aliphatic heterocycles. The van der Waals surface area contributed by atoms with E-state index >= 15 is 0 Å². The number of carbonyl (C=O) groups is 2. The highest BCUT2D eigenvalue weighted by molar-refractivity contribution is 7.99. The molecule has 0 fully saturated rings. The van der Waals surface area contributed by atoms with E-state index in [4.69, 9.17) is 14.2 Å². The first-order valence-corrected chi connectivity index (χ1v) is 12.6.